The summed E-state index contributed by atoms with van der Waals surface area (Å²) in [6.45, 7) is 0. The summed E-state index contributed by atoms with van der Waals surface area (Å²) in [4.78, 5) is 32.5. The molecule has 1 aliphatic heterocycles. The van der Waals surface area contributed by atoms with E-state index in [1.54, 1.807) is 12.2 Å². The van der Waals surface area contributed by atoms with Crippen molar-refractivity contribution in [3.63, 3.8) is 0 Å². The van der Waals surface area contributed by atoms with E-state index < -0.39 is 22.4 Å². The minimum atomic E-state index is -1.45. The standard InChI is InChI=1S/C17H9Cl2FN2O2/c18-13-4-3-11(20)8-12(13)15(23)17(6-1-7-22-17)14-5-2-10(9-21-14)16(19)24/h1-9H. The van der Waals surface area contributed by atoms with Gasteiger partial charge in [0.25, 0.3) is 5.24 Å². The lowest BCUT2D eigenvalue weighted by Crippen LogP contribution is -2.32. The van der Waals surface area contributed by atoms with E-state index in [9.17, 15) is 14.0 Å². The van der Waals surface area contributed by atoms with Crippen LogP contribution in [0.15, 0.2) is 53.7 Å². The molecule has 1 aromatic heterocycles. The van der Waals surface area contributed by atoms with Crippen molar-refractivity contribution in [3.05, 3.63) is 76.3 Å². The Bertz CT molecular complexity index is 880. The summed E-state index contributed by atoms with van der Waals surface area (Å²) in [6.07, 6.45) is 5.84. The second kappa shape index (κ2) is 6.26. The predicted molar refractivity (Wildman–Crippen MR) is 89.5 cm³/mol. The molecule has 0 radical (unpaired) electrons. The molecule has 2 aromatic rings. The van der Waals surface area contributed by atoms with E-state index in [1.807, 2.05) is 0 Å². The first-order chi connectivity index (χ1) is 11.4. The third-order valence-electron chi connectivity index (χ3n) is 3.60. The van der Waals surface area contributed by atoms with Gasteiger partial charge in [-0.3, -0.25) is 19.6 Å². The fraction of sp³-hybridized carbons (Fsp3) is 0.0588. The van der Waals surface area contributed by atoms with Gasteiger partial charge in [-0.1, -0.05) is 11.6 Å². The number of aromatic nitrogens is 1. The van der Waals surface area contributed by atoms with Crippen molar-refractivity contribution in [3.8, 4) is 0 Å². The van der Waals surface area contributed by atoms with E-state index >= 15 is 0 Å². The lowest BCUT2D eigenvalue weighted by molar-refractivity contribution is 0.0920. The van der Waals surface area contributed by atoms with Crippen LogP contribution in [0.2, 0.25) is 5.02 Å². The number of nitrogens with zero attached hydrogens (tertiary/aromatic N) is 2. The lowest BCUT2D eigenvalue weighted by atomic mass is 9.86. The van der Waals surface area contributed by atoms with Gasteiger partial charge in [0.1, 0.15) is 5.82 Å². The van der Waals surface area contributed by atoms with Crippen molar-refractivity contribution in [1.82, 2.24) is 4.98 Å². The monoisotopic (exact) mass is 362 g/mol. The zero-order chi connectivity index (χ0) is 17.3. The van der Waals surface area contributed by atoms with Gasteiger partial charge >= 0.3 is 0 Å². The van der Waals surface area contributed by atoms with Gasteiger partial charge in [-0.15, -0.1) is 0 Å². The van der Waals surface area contributed by atoms with Gasteiger partial charge in [0, 0.05) is 18.0 Å². The largest absolute Gasteiger partial charge is 0.291 e. The molecule has 0 bridgehead atoms. The molecule has 0 N–H and O–H groups in total. The maximum atomic E-state index is 13.5. The fourth-order valence-electron chi connectivity index (χ4n) is 2.40. The van der Waals surface area contributed by atoms with Gasteiger partial charge in [0.15, 0.2) is 5.54 Å². The van der Waals surface area contributed by atoms with E-state index in [0.29, 0.717) is 0 Å². The van der Waals surface area contributed by atoms with Crippen molar-refractivity contribution in [2.75, 3.05) is 0 Å². The number of hydrogen-bond acceptors (Lipinski definition) is 4. The van der Waals surface area contributed by atoms with Crippen molar-refractivity contribution >= 4 is 40.4 Å². The summed E-state index contributed by atoms with van der Waals surface area (Å²) in [7, 11) is 0. The molecular formula is C17H9Cl2FN2O2. The van der Waals surface area contributed by atoms with Crippen molar-refractivity contribution in [1.29, 1.82) is 0 Å². The molecule has 4 nitrogen and oxygen atoms in total. The van der Waals surface area contributed by atoms with Gasteiger partial charge < -0.3 is 0 Å². The molecule has 0 amide bonds. The summed E-state index contributed by atoms with van der Waals surface area (Å²) in [6, 6.07) is 6.46. The molecule has 2 heterocycles. The Balaban J connectivity index is 2.11. The molecule has 1 unspecified atom stereocenters. The van der Waals surface area contributed by atoms with Crippen LogP contribution in [0, 0.1) is 5.82 Å². The molecule has 0 saturated carbocycles. The zero-order valence-electron chi connectivity index (χ0n) is 12.0. The van der Waals surface area contributed by atoms with Gasteiger partial charge in [-0.2, -0.15) is 0 Å². The highest BCUT2D eigenvalue weighted by Crippen LogP contribution is 2.35. The van der Waals surface area contributed by atoms with E-state index in [-0.39, 0.29) is 21.8 Å². The van der Waals surface area contributed by atoms with Crippen LogP contribution in [0.25, 0.3) is 0 Å². The van der Waals surface area contributed by atoms with Crippen molar-refractivity contribution in [2.45, 2.75) is 5.54 Å². The number of carbonyl (C=O) groups excluding carboxylic acids is 2. The molecule has 1 aliphatic rings. The quantitative estimate of drug-likeness (QED) is 0.610. The summed E-state index contributed by atoms with van der Waals surface area (Å²) >= 11 is 11.4. The highest BCUT2D eigenvalue weighted by molar-refractivity contribution is 6.67. The number of rotatable bonds is 4. The first-order valence-corrected chi connectivity index (χ1v) is 7.59. The van der Waals surface area contributed by atoms with Gasteiger partial charge in [-0.05, 0) is 54.1 Å². The number of pyridine rings is 1. The lowest BCUT2D eigenvalue weighted by Gasteiger charge is -2.23. The van der Waals surface area contributed by atoms with Crippen LogP contribution in [0.5, 0.6) is 0 Å². The average molecular weight is 363 g/mol. The normalized spacial score (nSPS) is 18.8. The van der Waals surface area contributed by atoms with E-state index in [4.69, 9.17) is 23.2 Å². The molecule has 1 atom stereocenters. The van der Waals surface area contributed by atoms with Gasteiger partial charge in [0.05, 0.1) is 16.3 Å². The number of allylic oxidation sites excluding steroid dienone is 1. The third-order valence-corrected chi connectivity index (χ3v) is 4.15. The number of benzene rings is 1. The second-order valence-electron chi connectivity index (χ2n) is 5.06. The summed E-state index contributed by atoms with van der Waals surface area (Å²) in [5, 5.41) is -0.545. The van der Waals surface area contributed by atoms with E-state index in [1.165, 1.54) is 36.7 Å². The SMILES string of the molecule is O=C(Cl)c1ccc(C2(C(=O)c3cc(F)ccc3Cl)C=CC=N2)nc1. The highest BCUT2D eigenvalue weighted by atomic mass is 35.5. The predicted octanol–water partition coefficient (Wildman–Crippen LogP) is 3.97. The summed E-state index contributed by atoms with van der Waals surface area (Å²) in [5.74, 6) is -1.10. The number of Topliss-reactive ketones (excluding diaryl/α,β-unsaturated/α-hetero) is 1. The minimum absolute atomic E-state index is 0.000312. The molecule has 1 aromatic carbocycles. The van der Waals surface area contributed by atoms with E-state index in [2.05, 4.69) is 9.98 Å². The fourth-order valence-corrected chi connectivity index (χ4v) is 2.72. The van der Waals surface area contributed by atoms with Crippen LogP contribution in [-0.2, 0) is 5.54 Å². The van der Waals surface area contributed by atoms with Crippen LogP contribution < -0.4 is 0 Å². The first kappa shape index (κ1) is 16.5. The first-order valence-electron chi connectivity index (χ1n) is 6.83. The van der Waals surface area contributed by atoms with Crippen LogP contribution in [0.4, 0.5) is 4.39 Å². The maximum absolute atomic E-state index is 13.5. The van der Waals surface area contributed by atoms with Crippen molar-refractivity contribution in [2.24, 2.45) is 4.99 Å². The van der Waals surface area contributed by atoms with E-state index in [0.717, 1.165) is 6.07 Å². The molecule has 0 saturated heterocycles. The average Bonchev–Trinajstić information content (AvgIpc) is 3.07. The molecule has 0 spiro atoms. The minimum Gasteiger partial charge on any atom is -0.291 e. The zero-order valence-corrected chi connectivity index (χ0v) is 13.6. The Morgan fingerprint density at radius 3 is 2.54 bits per heavy atom. The Hall–Kier alpha value is -2.37. The number of aliphatic imine (C=N–C) groups is 1. The Kier molecular flexibility index (Phi) is 4.30. The molecule has 0 fully saturated rings. The smallest absolute Gasteiger partial charge is 0.253 e. The molecule has 3 rings (SSSR count). The highest BCUT2D eigenvalue weighted by Gasteiger charge is 2.41. The molecule has 120 valence electrons. The molecular weight excluding hydrogens is 354 g/mol. The van der Waals surface area contributed by atoms with Crippen molar-refractivity contribution < 1.29 is 14.0 Å². The van der Waals surface area contributed by atoms with Crippen LogP contribution in [0.1, 0.15) is 26.4 Å². The topological polar surface area (TPSA) is 59.4 Å². The third kappa shape index (κ3) is 2.77. The van der Waals surface area contributed by atoms with Crippen LogP contribution in [-0.4, -0.2) is 22.2 Å². The maximum Gasteiger partial charge on any atom is 0.253 e. The van der Waals surface area contributed by atoms with Crippen LogP contribution >= 0.6 is 23.2 Å². The van der Waals surface area contributed by atoms with Gasteiger partial charge in [-0.25, -0.2) is 4.39 Å². The Morgan fingerprint density at radius 1 is 1.17 bits per heavy atom. The Labute approximate surface area is 146 Å². The van der Waals surface area contributed by atoms with Crippen LogP contribution in [0.3, 0.4) is 0 Å². The molecule has 24 heavy (non-hydrogen) atoms. The number of carbonyl (C=O) groups is 2. The summed E-state index contributed by atoms with van der Waals surface area (Å²) < 4.78 is 13.5. The second-order valence-corrected chi connectivity index (χ2v) is 5.81. The number of ketones is 1. The summed E-state index contributed by atoms with van der Waals surface area (Å²) in [5.41, 5.74) is -0.984. The van der Waals surface area contributed by atoms with Gasteiger partial charge in [0.2, 0.25) is 5.78 Å². The number of hydrogen-bond donors (Lipinski definition) is 0. The molecule has 7 heteroatoms. The molecule has 0 aliphatic carbocycles. The Morgan fingerprint density at radius 2 is 1.96 bits per heavy atom. The number of halogens is 3.